The summed E-state index contributed by atoms with van der Waals surface area (Å²) in [4.78, 5) is 0. The van der Waals surface area contributed by atoms with Crippen LogP contribution in [0.5, 0.6) is 0 Å². The topological polar surface area (TPSA) is 0 Å². The summed E-state index contributed by atoms with van der Waals surface area (Å²) in [6, 6.07) is 0. The molecule has 0 heterocycles. The second kappa shape index (κ2) is 4.11. The lowest BCUT2D eigenvalue weighted by Gasteiger charge is -2.39. The first-order valence-electron chi connectivity index (χ1n) is 7.40. The van der Waals surface area contributed by atoms with Gasteiger partial charge in [0.15, 0.2) is 0 Å². The minimum Gasteiger partial charge on any atom is -0.0651 e. The van der Waals surface area contributed by atoms with Crippen LogP contribution in [0.15, 0.2) is 0 Å². The van der Waals surface area contributed by atoms with E-state index in [0.717, 1.165) is 29.6 Å². The van der Waals surface area contributed by atoms with Crippen LogP contribution in [0.25, 0.3) is 0 Å². The molecule has 3 rings (SSSR count). The summed E-state index contributed by atoms with van der Waals surface area (Å²) in [5.41, 5.74) is 0. The highest BCUT2D eigenvalue weighted by molar-refractivity contribution is 4.94. The minimum absolute atomic E-state index is 1.12. The lowest BCUT2D eigenvalue weighted by atomic mass is 9.66. The Bertz CT molecular complexity index is 216. The molecule has 86 valence electrons. The van der Waals surface area contributed by atoms with Gasteiger partial charge in [0, 0.05) is 0 Å². The molecule has 0 aromatic carbocycles. The third-order valence-corrected chi connectivity index (χ3v) is 5.92. The second-order valence-electron chi connectivity index (χ2n) is 6.36. The highest BCUT2D eigenvalue weighted by Crippen LogP contribution is 2.54. The van der Waals surface area contributed by atoms with Crippen LogP contribution in [0.3, 0.4) is 0 Å². The first kappa shape index (κ1) is 10.2. The molecule has 0 aromatic heterocycles. The molecule has 4 atom stereocenters. The monoisotopic (exact) mass is 206 g/mol. The van der Waals surface area contributed by atoms with Gasteiger partial charge in [0.1, 0.15) is 0 Å². The summed E-state index contributed by atoms with van der Waals surface area (Å²) in [5, 5.41) is 0. The Morgan fingerprint density at radius 1 is 0.933 bits per heavy atom. The van der Waals surface area contributed by atoms with Crippen LogP contribution in [0.4, 0.5) is 0 Å². The van der Waals surface area contributed by atoms with E-state index in [1.54, 1.807) is 44.9 Å². The molecule has 3 fully saturated rings. The zero-order chi connectivity index (χ0) is 10.3. The van der Waals surface area contributed by atoms with E-state index >= 15 is 0 Å². The molecule has 0 spiro atoms. The molecule has 15 heavy (non-hydrogen) atoms. The van der Waals surface area contributed by atoms with Crippen molar-refractivity contribution in [2.45, 2.75) is 64.7 Å². The van der Waals surface area contributed by atoms with Gasteiger partial charge in [-0.1, -0.05) is 45.4 Å². The van der Waals surface area contributed by atoms with E-state index in [1.807, 2.05) is 0 Å². The fourth-order valence-corrected chi connectivity index (χ4v) is 4.99. The van der Waals surface area contributed by atoms with Crippen LogP contribution < -0.4 is 0 Å². The highest BCUT2D eigenvalue weighted by Gasteiger charge is 2.44. The molecule has 0 aliphatic heterocycles. The van der Waals surface area contributed by atoms with Gasteiger partial charge in [0.05, 0.1) is 0 Å². The average Bonchev–Trinajstić information content (AvgIpc) is 2.72. The average molecular weight is 206 g/mol. The fourth-order valence-electron chi connectivity index (χ4n) is 4.99. The van der Waals surface area contributed by atoms with Crippen LogP contribution >= 0.6 is 0 Å². The lowest BCUT2D eigenvalue weighted by Crippen LogP contribution is -2.30. The summed E-state index contributed by atoms with van der Waals surface area (Å²) < 4.78 is 0. The van der Waals surface area contributed by atoms with Crippen molar-refractivity contribution in [3.8, 4) is 0 Å². The predicted molar refractivity (Wildman–Crippen MR) is 64.7 cm³/mol. The number of rotatable bonds is 3. The van der Waals surface area contributed by atoms with Crippen molar-refractivity contribution in [3.63, 3.8) is 0 Å². The van der Waals surface area contributed by atoms with E-state index in [0.29, 0.717) is 0 Å². The molecule has 0 N–H and O–H groups in total. The number of fused-ring (bicyclic) bond motifs is 1. The van der Waals surface area contributed by atoms with Gasteiger partial charge in [-0.05, 0) is 48.9 Å². The molecule has 3 aliphatic carbocycles. The lowest BCUT2D eigenvalue weighted by molar-refractivity contribution is 0.110. The Balaban J connectivity index is 1.68. The van der Waals surface area contributed by atoms with Gasteiger partial charge in [-0.3, -0.25) is 0 Å². The summed E-state index contributed by atoms with van der Waals surface area (Å²) in [7, 11) is 0. The van der Waals surface area contributed by atoms with Crippen molar-refractivity contribution < 1.29 is 0 Å². The van der Waals surface area contributed by atoms with E-state index in [2.05, 4.69) is 6.92 Å². The zero-order valence-electron chi connectivity index (χ0n) is 10.3. The van der Waals surface area contributed by atoms with Crippen molar-refractivity contribution >= 4 is 0 Å². The summed E-state index contributed by atoms with van der Waals surface area (Å²) in [6.07, 6.45) is 14.0. The standard InChI is InChI=1S/C15H26/c1-2-13(11-5-3-6-11)15-10-9-12-7-4-8-14(12)15/h11-15H,2-10H2,1H3/t12-,13?,14-,15-/m0/s1. The minimum atomic E-state index is 1.12. The Kier molecular flexibility index (Phi) is 2.79. The van der Waals surface area contributed by atoms with Crippen molar-refractivity contribution in [2.75, 3.05) is 0 Å². The van der Waals surface area contributed by atoms with Crippen LogP contribution in [0.2, 0.25) is 0 Å². The highest BCUT2D eigenvalue weighted by atomic mass is 14.5. The van der Waals surface area contributed by atoms with Gasteiger partial charge in [0.2, 0.25) is 0 Å². The van der Waals surface area contributed by atoms with E-state index in [4.69, 9.17) is 0 Å². The molecular formula is C15H26. The number of hydrogen-bond donors (Lipinski definition) is 0. The van der Waals surface area contributed by atoms with Crippen molar-refractivity contribution in [1.29, 1.82) is 0 Å². The largest absolute Gasteiger partial charge is 0.0651 e. The normalized spacial score (nSPS) is 42.6. The maximum Gasteiger partial charge on any atom is -0.0352 e. The molecule has 3 aliphatic rings. The van der Waals surface area contributed by atoms with E-state index in [9.17, 15) is 0 Å². The van der Waals surface area contributed by atoms with Crippen LogP contribution in [-0.4, -0.2) is 0 Å². The smallest absolute Gasteiger partial charge is 0.0352 e. The first-order chi connectivity index (χ1) is 7.40. The van der Waals surface area contributed by atoms with Crippen molar-refractivity contribution in [3.05, 3.63) is 0 Å². The molecule has 0 amide bonds. The summed E-state index contributed by atoms with van der Waals surface area (Å²) >= 11 is 0. The van der Waals surface area contributed by atoms with Crippen LogP contribution in [-0.2, 0) is 0 Å². The van der Waals surface area contributed by atoms with Gasteiger partial charge >= 0.3 is 0 Å². The molecule has 3 saturated carbocycles. The second-order valence-corrected chi connectivity index (χ2v) is 6.36. The van der Waals surface area contributed by atoms with Gasteiger partial charge in [-0.2, -0.15) is 0 Å². The Labute approximate surface area is 94.8 Å². The van der Waals surface area contributed by atoms with Gasteiger partial charge < -0.3 is 0 Å². The Morgan fingerprint density at radius 3 is 2.40 bits per heavy atom. The SMILES string of the molecule is CCC(C1CCC1)[C@@H]1CC[C@@H]2CCC[C@@H]21. The molecule has 0 aromatic rings. The Morgan fingerprint density at radius 2 is 1.73 bits per heavy atom. The van der Waals surface area contributed by atoms with E-state index in [-0.39, 0.29) is 0 Å². The maximum atomic E-state index is 2.45. The first-order valence-corrected chi connectivity index (χ1v) is 7.40. The molecule has 0 saturated heterocycles. The van der Waals surface area contributed by atoms with Crippen molar-refractivity contribution in [1.82, 2.24) is 0 Å². The van der Waals surface area contributed by atoms with Gasteiger partial charge in [-0.15, -0.1) is 0 Å². The molecule has 0 radical (unpaired) electrons. The molecule has 0 bridgehead atoms. The van der Waals surface area contributed by atoms with Crippen LogP contribution in [0.1, 0.15) is 64.7 Å². The summed E-state index contributed by atoms with van der Waals surface area (Å²) in [5.74, 6) is 5.72. The maximum absolute atomic E-state index is 2.45. The molecular weight excluding hydrogens is 180 g/mol. The van der Waals surface area contributed by atoms with E-state index < -0.39 is 0 Å². The molecule has 1 unspecified atom stereocenters. The van der Waals surface area contributed by atoms with Gasteiger partial charge in [-0.25, -0.2) is 0 Å². The summed E-state index contributed by atoms with van der Waals surface area (Å²) in [6.45, 7) is 2.45. The van der Waals surface area contributed by atoms with Crippen LogP contribution in [0, 0.1) is 29.6 Å². The molecule has 0 nitrogen and oxygen atoms in total. The number of hydrogen-bond acceptors (Lipinski definition) is 0. The third-order valence-electron chi connectivity index (χ3n) is 5.92. The quantitative estimate of drug-likeness (QED) is 0.631. The molecule has 0 heteroatoms. The fraction of sp³-hybridized carbons (Fsp3) is 1.00. The predicted octanol–water partition coefficient (Wildman–Crippen LogP) is 4.64. The van der Waals surface area contributed by atoms with Gasteiger partial charge in [0.25, 0.3) is 0 Å². The zero-order valence-corrected chi connectivity index (χ0v) is 10.3. The van der Waals surface area contributed by atoms with E-state index in [1.165, 1.54) is 12.8 Å². The third kappa shape index (κ3) is 1.65. The van der Waals surface area contributed by atoms with Crippen molar-refractivity contribution in [2.24, 2.45) is 29.6 Å². The Hall–Kier alpha value is 0.